The average molecular weight is 164 g/mol. The molecule has 2 heterocycles. The summed E-state index contributed by atoms with van der Waals surface area (Å²) in [6.45, 7) is 2.18. The smallest absolute Gasteiger partial charge is 0.0392 e. The van der Waals surface area contributed by atoms with E-state index in [-0.39, 0.29) is 0 Å². The second-order valence-electron chi connectivity index (χ2n) is 3.53. The summed E-state index contributed by atoms with van der Waals surface area (Å²) >= 11 is 0. The molecule has 0 aromatic heterocycles. The molecule has 0 unspecified atom stereocenters. The van der Waals surface area contributed by atoms with Gasteiger partial charge < -0.3 is 5.32 Å². The fourth-order valence-electron chi connectivity index (χ4n) is 1.86. The number of nitrogens with zero attached hydrogens (tertiary/aromatic N) is 1. The fourth-order valence-corrected chi connectivity index (χ4v) is 1.86. The maximum atomic E-state index is 4.31. The van der Waals surface area contributed by atoms with E-state index in [0.717, 1.165) is 13.1 Å². The quantitative estimate of drug-likeness (QED) is 0.581. The van der Waals surface area contributed by atoms with Crippen LogP contribution in [-0.4, -0.2) is 19.3 Å². The Kier molecular flexibility index (Phi) is 2.45. The molecule has 2 aliphatic heterocycles. The third-order valence-corrected chi connectivity index (χ3v) is 2.56. The van der Waals surface area contributed by atoms with Crippen molar-refractivity contribution in [1.82, 2.24) is 5.32 Å². The third kappa shape index (κ3) is 1.68. The van der Waals surface area contributed by atoms with Crippen molar-refractivity contribution < 1.29 is 0 Å². The topological polar surface area (TPSA) is 24.4 Å². The number of allylic oxidation sites excluding steroid dienone is 2. The highest BCUT2D eigenvalue weighted by molar-refractivity contribution is 5.80. The molecule has 0 bridgehead atoms. The number of hydrogen-bond donors (Lipinski definition) is 1. The van der Waals surface area contributed by atoms with Gasteiger partial charge in [-0.1, -0.05) is 0 Å². The van der Waals surface area contributed by atoms with Crippen LogP contribution in [0.2, 0.25) is 0 Å². The highest BCUT2D eigenvalue weighted by Gasteiger charge is 2.10. The lowest BCUT2D eigenvalue weighted by Gasteiger charge is -2.20. The van der Waals surface area contributed by atoms with E-state index in [1.54, 1.807) is 0 Å². The summed E-state index contributed by atoms with van der Waals surface area (Å²) in [5, 5.41) is 3.48. The van der Waals surface area contributed by atoms with E-state index in [2.05, 4.69) is 16.5 Å². The van der Waals surface area contributed by atoms with Crippen molar-refractivity contribution in [3.8, 4) is 0 Å². The second kappa shape index (κ2) is 3.74. The van der Waals surface area contributed by atoms with Crippen molar-refractivity contribution in [3.05, 3.63) is 11.3 Å². The van der Waals surface area contributed by atoms with Crippen LogP contribution in [0.3, 0.4) is 0 Å². The highest BCUT2D eigenvalue weighted by Crippen LogP contribution is 2.18. The van der Waals surface area contributed by atoms with Gasteiger partial charge >= 0.3 is 0 Å². The van der Waals surface area contributed by atoms with Gasteiger partial charge in [-0.25, -0.2) is 0 Å². The van der Waals surface area contributed by atoms with Crippen LogP contribution in [0.5, 0.6) is 0 Å². The molecule has 0 saturated carbocycles. The summed E-state index contributed by atoms with van der Waals surface area (Å²) in [6.07, 6.45) is 8.44. The summed E-state index contributed by atoms with van der Waals surface area (Å²) in [5.74, 6) is 0. The molecule has 12 heavy (non-hydrogen) atoms. The van der Waals surface area contributed by atoms with Gasteiger partial charge in [-0.05, 0) is 37.7 Å². The average Bonchev–Trinajstić information content (AvgIpc) is 2.21. The molecule has 0 amide bonds. The molecule has 0 aromatic carbocycles. The lowest BCUT2D eigenvalue weighted by Crippen LogP contribution is -2.22. The standard InChI is InChI=1S/C10H16N2/c1-2-7-12-10(5-1)9-4-3-6-11-8-9/h8,12H,1-7H2/b10-9+. The van der Waals surface area contributed by atoms with E-state index in [4.69, 9.17) is 0 Å². The van der Waals surface area contributed by atoms with E-state index < -0.39 is 0 Å². The second-order valence-corrected chi connectivity index (χ2v) is 3.53. The largest absolute Gasteiger partial charge is 0.388 e. The zero-order valence-corrected chi connectivity index (χ0v) is 7.47. The summed E-state index contributed by atoms with van der Waals surface area (Å²) in [5.41, 5.74) is 2.92. The van der Waals surface area contributed by atoms with E-state index in [0.29, 0.717) is 0 Å². The molecule has 1 N–H and O–H groups in total. The molecule has 0 aliphatic carbocycles. The molecular formula is C10H16N2. The molecule has 1 saturated heterocycles. The van der Waals surface area contributed by atoms with Crippen LogP contribution in [0.1, 0.15) is 32.1 Å². The van der Waals surface area contributed by atoms with E-state index >= 15 is 0 Å². The van der Waals surface area contributed by atoms with Crippen LogP contribution in [0.15, 0.2) is 16.3 Å². The van der Waals surface area contributed by atoms with E-state index in [1.165, 1.54) is 43.4 Å². The Labute approximate surface area is 73.8 Å². The number of nitrogens with one attached hydrogen (secondary N) is 1. The zero-order chi connectivity index (χ0) is 8.23. The maximum Gasteiger partial charge on any atom is 0.0392 e. The first kappa shape index (κ1) is 7.84. The Morgan fingerprint density at radius 1 is 1.17 bits per heavy atom. The van der Waals surface area contributed by atoms with Gasteiger partial charge in [0.2, 0.25) is 0 Å². The zero-order valence-electron chi connectivity index (χ0n) is 7.47. The lowest BCUT2D eigenvalue weighted by molar-refractivity contribution is 0.579. The Bertz CT molecular complexity index is 208. The van der Waals surface area contributed by atoms with Crippen molar-refractivity contribution in [2.45, 2.75) is 32.1 Å². The van der Waals surface area contributed by atoms with Gasteiger partial charge in [-0.3, -0.25) is 4.99 Å². The molecule has 2 nitrogen and oxygen atoms in total. The van der Waals surface area contributed by atoms with Gasteiger partial charge in [0.05, 0.1) is 0 Å². The van der Waals surface area contributed by atoms with Gasteiger partial charge in [0.25, 0.3) is 0 Å². The Morgan fingerprint density at radius 2 is 2.17 bits per heavy atom. The molecule has 0 aromatic rings. The Morgan fingerprint density at radius 3 is 2.83 bits per heavy atom. The van der Waals surface area contributed by atoms with Crippen LogP contribution >= 0.6 is 0 Å². The summed E-state index contributed by atoms with van der Waals surface area (Å²) in [7, 11) is 0. The number of hydrogen-bond acceptors (Lipinski definition) is 2. The molecule has 0 radical (unpaired) electrons. The maximum absolute atomic E-state index is 4.31. The third-order valence-electron chi connectivity index (χ3n) is 2.56. The predicted octanol–water partition coefficient (Wildman–Crippen LogP) is 1.88. The molecule has 0 atom stereocenters. The predicted molar refractivity (Wildman–Crippen MR) is 51.5 cm³/mol. The van der Waals surface area contributed by atoms with Gasteiger partial charge in [0.1, 0.15) is 0 Å². The van der Waals surface area contributed by atoms with Gasteiger partial charge in [0.15, 0.2) is 0 Å². The first-order valence-electron chi connectivity index (χ1n) is 4.92. The van der Waals surface area contributed by atoms with Crippen molar-refractivity contribution in [3.63, 3.8) is 0 Å². The van der Waals surface area contributed by atoms with Gasteiger partial charge in [-0.15, -0.1) is 0 Å². The summed E-state index contributed by atoms with van der Waals surface area (Å²) < 4.78 is 0. The first-order chi connectivity index (χ1) is 5.97. The Hall–Kier alpha value is -0.790. The van der Waals surface area contributed by atoms with E-state index in [1.807, 2.05) is 0 Å². The SMILES string of the molecule is C1=NCCC/C1=C1/CCCCN1. The minimum atomic E-state index is 1.02. The van der Waals surface area contributed by atoms with Crippen molar-refractivity contribution in [2.75, 3.05) is 13.1 Å². The van der Waals surface area contributed by atoms with E-state index in [9.17, 15) is 0 Å². The highest BCUT2D eigenvalue weighted by atomic mass is 14.9. The van der Waals surface area contributed by atoms with Crippen molar-refractivity contribution in [2.24, 2.45) is 4.99 Å². The Balaban J connectivity index is 2.10. The molecule has 1 fully saturated rings. The molecule has 2 rings (SSSR count). The van der Waals surface area contributed by atoms with Crippen LogP contribution < -0.4 is 5.32 Å². The van der Waals surface area contributed by atoms with Crippen molar-refractivity contribution >= 4 is 6.21 Å². The van der Waals surface area contributed by atoms with Crippen LogP contribution in [0.25, 0.3) is 0 Å². The number of piperidine rings is 1. The van der Waals surface area contributed by atoms with Crippen LogP contribution in [-0.2, 0) is 0 Å². The molecule has 0 spiro atoms. The number of rotatable bonds is 0. The van der Waals surface area contributed by atoms with Gasteiger partial charge in [0, 0.05) is 25.0 Å². The number of aliphatic imine (C=N–C) groups is 1. The first-order valence-corrected chi connectivity index (χ1v) is 4.92. The minimum absolute atomic E-state index is 1.02. The van der Waals surface area contributed by atoms with Crippen LogP contribution in [0.4, 0.5) is 0 Å². The minimum Gasteiger partial charge on any atom is -0.388 e. The molecule has 66 valence electrons. The summed E-state index contributed by atoms with van der Waals surface area (Å²) in [4.78, 5) is 4.31. The molecule has 2 heteroatoms. The van der Waals surface area contributed by atoms with Crippen molar-refractivity contribution in [1.29, 1.82) is 0 Å². The lowest BCUT2D eigenvalue weighted by atomic mass is 10.0. The van der Waals surface area contributed by atoms with Gasteiger partial charge in [-0.2, -0.15) is 0 Å². The molecule has 2 aliphatic rings. The summed E-state index contributed by atoms with van der Waals surface area (Å²) in [6, 6.07) is 0. The van der Waals surface area contributed by atoms with Crippen LogP contribution in [0, 0.1) is 0 Å². The fraction of sp³-hybridized carbons (Fsp3) is 0.700. The monoisotopic (exact) mass is 164 g/mol. The molecular weight excluding hydrogens is 148 g/mol. The normalized spacial score (nSPS) is 30.0.